The van der Waals surface area contributed by atoms with Crippen molar-refractivity contribution in [3.63, 3.8) is 0 Å². The molecule has 0 fully saturated rings. The molecule has 0 aliphatic heterocycles. The van der Waals surface area contributed by atoms with Gasteiger partial charge in [0, 0.05) is 12.7 Å². The zero-order valence-corrected chi connectivity index (χ0v) is 16.2. The van der Waals surface area contributed by atoms with Crippen LogP contribution in [-0.4, -0.2) is 30.5 Å². The van der Waals surface area contributed by atoms with Gasteiger partial charge >= 0.3 is 5.97 Å². The number of nitrogens with one attached hydrogen (secondary N) is 2. The van der Waals surface area contributed by atoms with Crippen LogP contribution in [0.25, 0.3) is 0 Å². The average molecular weight is 389 g/mol. The Morgan fingerprint density at radius 2 is 1.72 bits per heavy atom. The molecule has 0 spiro atoms. The number of nitrogens with zero attached hydrogens (tertiary/aromatic N) is 1. The van der Waals surface area contributed by atoms with E-state index in [1.807, 2.05) is 18.2 Å². The van der Waals surface area contributed by atoms with Gasteiger partial charge in [0.05, 0.1) is 23.9 Å². The predicted molar refractivity (Wildman–Crippen MR) is 113 cm³/mol. The van der Waals surface area contributed by atoms with Crippen LogP contribution in [0.4, 0.5) is 11.5 Å². The first kappa shape index (κ1) is 20.1. The number of ether oxygens (including phenoxy) is 1. The number of pyridine rings is 1. The summed E-state index contributed by atoms with van der Waals surface area (Å²) in [6.07, 6.45) is 3.49. The number of rotatable bonds is 8. The fourth-order valence-electron chi connectivity index (χ4n) is 2.86. The number of para-hydroxylation sites is 1. The van der Waals surface area contributed by atoms with E-state index >= 15 is 0 Å². The molecule has 0 bridgehead atoms. The second kappa shape index (κ2) is 10.0. The van der Waals surface area contributed by atoms with Gasteiger partial charge in [-0.2, -0.15) is 0 Å². The lowest BCUT2D eigenvalue weighted by Gasteiger charge is -2.10. The van der Waals surface area contributed by atoms with E-state index in [0.717, 1.165) is 19.4 Å². The number of aromatic nitrogens is 1. The number of methoxy groups -OCH3 is 1. The summed E-state index contributed by atoms with van der Waals surface area (Å²) in [4.78, 5) is 28.6. The van der Waals surface area contributed by atoms with Crippen LogP contribution in [0.3, 0.4) is 0 Å². The van der Waals surface area contributed by atoms with Crippen molar-refractivity contribution in [3.8, 4) is 0 Å². The van der Waals surface area contributed by atoms with Crippen LogP contribution in [0.5, 0.6) is 0 Å². The second-order valence-corrected chi connectivity index (χ2v) is 6.44. The van der Waals surface area contributed by atoms with Gasteiger partial charge in [0.25, 0.3) is 5.91 Å². The Bertz CT molecular complexity index is 957. The third-order valence-electron chi connectivity index (χ3n) is 4.40. The smallest absolute Gasteiger partial charge is 0.339 e. The van der Waals surface area contributed by atoms with E-state index in [1.165, 1.54) is 18.9 Å². The van der Waals surface area contributed by atoms with Gasteiger partial charge in [-0.25, -0.2) is 9.78 Å². The molecule has 1 aromatic heterocycles. The highest BCUT2D eigenvalue weighted by Gasteiger charge is 2.14. The Morgan fingerprint density at radius 3 is 2.45 bits per heavy atom. The number of anilines is 2. The lowest BCUT2D eigenvalue weighted by molar-refractivity contribution is 0.0602. The minimum absolute atomic E-state index is 0.299. The minimum atomic E-state index is -0.505. The van der Waals surface area contributed by atoms with Gasteiger partial charge < -0.3 is 15.4 Å². The van der Waals surface area contributed by atoms with Crippen molar-refractivity contribution in [2.75, 3.05) is 24.3 Å². The Kier molecular flexibility index (Phi) is 6.95. The Hall–Kier alpha value is -3.67. The van der Waals surface area contributed by atoms with E-state index in [0.29, 0.717) is 22.6 Å². The number of hydrogen-bond acceptors (Lipinski definition) is 5. The molecule has 0 atom stereocenters. The van der Waals surface area contributed by atoms with Gasteiger partial charge in [-0.15, -0.1) is 0 Å². The summed E-state index contributed by atoms with van der Waals surface area (Å²) < 4.78 is 4.74. The number of carbonyl (C=O) groups is 2. The molecule has 0 aliphatic rings. The molecule has 1 amide bonds. The molecule has 0 unspecified atom stereocenters. The summed E-state index contributed by atoms with van der Waals surface area (Å²) in [5.74, 6) is -0.136. The molecule has 0 saturated heterocycles. The zero-order chi connectivity index (χ0) is 20.5. The second-order valence-electron chi connectivity index (χ2n) is 6.44. The molecular formula is C23H23N3O3. The van der Waals surface area contributed by atoms with Crippen molar-refractivity contribution in [1.82, 2.24) is 4.98 Å². The summed E-state index contributed by atoms with van der Waals surface area (Å²) in [6, 6.07) is 20.5. The van der Waals surface area contributed by atoms with Gasteiger partial charge in [0.1, 0.15) is 5.82 Å². The van der Waals surface area contributed by atoms with Gasteiger partial charge in [0.15, 0.2) is 0 Å². The fourth-order valence-corrected chi connectivity index (χ4v) is 2.86. The van der Waals surface area contributed by atoms with Crippen LogP contribution < -0.4 is 10.6 Å². The van der Waals surface area contributed by atoms with Crippen molar-refractivity contribution in [2.24, 2.45) is 0 Å². The van der Waals surface area contributed by atoms with E-state index < -0.39 is 5.97 Å². The van der Waals surface area contributed by atoms with Crippen molar-refractivity contribution >= 4 is 23.4 Å². The first-order valence-electron chi connectivity index (χ1n) is 9.40. The van der Waals surface area contributed by atoms with Crippen molar-refractivity contribution in [2.45, 2.75) is 12.8 Å². The van der Waals surface area contributed by atoms with Gasteiger partial charge in [0.2, 0.25) is 0 Å². The van der Waals surface area contributed by atoms with Crippen LogP contribution in [0.2, 0.25) is 0 Å². The molecule has 0 radical (unpaired) electrons. The van der Waals surface area contributed by atoms with Crippen LogP contribution in [0.15, 0.2) is 72.9 Å². The number of aryl methyl sites for hydroxylation is 1. The quantitative estimate of drug-likeness (QED) is 0.447. The molecule has 29 heavy (non-hydrogen) atoms. The molecular weight excluding hydrogens is 366 g/mol. The molecule has 2 aromatic carbocycles. The molecule has 6 heteroatoms. The first-order valence-corrected chi connectivity index (χ1v) is 9.40. The highest BCUT2D eigenvalue weighted by Crippen LogP contribution is 2.17. The summed E-state index contributed by atoms with van der Waals surface area (Å²) in [5, 5.41) is 5.99. The van der Waals surface area contributed by atoms with Crippen LogP contribution in [0, 0.1) is 0 Å². The molecule has 0 saturated carbocycles. The van der Waals surface area contributed by atoms with Gasteiger partial charge in [-0.3, -0.25) is 4.79 Å². The maximum Gasteiger partial charge on any atom is 0.339 e. The first-order chi connectivity index (χ1) is 14.2. The molecule has 3 rings (SSSR count). The molecule has 0 aliphatic carbocycles. The monoisotopic (exact) mass is 389 g/mol. The van der Waals surface area contributed by atoms with Gasteiger partial charge in [-0.05, 0) is 42.7 Å². The summed E-state index contributed by atoms with van der Waals surface area (Å²) >= 11 is 0. The predicted octanol–water partition coefficient (Wildman–Crippen LogP) is 4.17. The van der Waals surface area contributed by atoms with E-state index in [9.17, 15) is 9.59 Å². The summed E-state index contributed by atoms with van der Waals surface area (Å²) in [7, 11) is 1.30. The number of amides is 1. The number of hydrogen-bond donors (Lipinski definition) is 2. The van der Waals surface area contributed by atoms with Crippen molar-refractivity contribution in [3.05, 3.63) is 89.6 Å². The Labute approximate surface area is 169 Å². The van der Waals surface area contributed by atoms with Crippen molar-refractivity contribution < 1.29 is 14.3 Å². The van der Waals surface area contributed by atoms with Crippen LogP contribution in [0.1, 0.15) is 32.7 Å². The largest absolute Gasteiger partial charge is 0.465 e. The van der Waals surface area contributed by atoms with E-state index in [4.69, 9.17) is 4.74 Å². The van der Waals surface area contributed by atoms with Crippen molar-refractivity contribution in [1.29, 1.82) is 0 Å². The third kappa shape index (κ3) is 5.65. The lowest BCUT2D eigenvalue weighted by Crippen LogP contribution is -2.16. The standard InChI is InChI=1S/C23H23N3O3/c1-29-23(28)19-11-5-6-12-20(19)26-22(27)18-13-14-21(25-16-18)24-15-7-10-17-8-3-2-4-9-17/h2-6,8-9,11-14,16H,7,10,15H2,1H3,(H,24,25)(H,26,27). The highest BCUT2D eigenvalue weighted by atomic mass is 16.5. The number of carbonyl (C=O) groups excluding carboxylic acids is 2. The van der Waals surface area contributed by atoms with E-state index in [-0.39, 0.29) is 5.91 Å². The molecule has 3 aromatic rings. The summed E-state index contributed by atoms with van der Waals surface area (Å²) in [5.41, 5.74) is 2.40. The topological polar surface area (TPSA) is 80.3 Å². The normalized spacial score (nSPS) is 10.2. The number of benzene rings is 2. The van der Waals surface area contributed by atoms with Gasteiger partial charge in [-0.1, -0.05) is 42.5 Å². The molecule has 6 nitrogen and oxygen atoms in total. The Morgan fingerprint density at radius 1 is 0.966 bits per heavy atom. The maximum absolute atomic E-state index is 12.5. The molecule has 148 valence electrons. The minimum Gasteiger partial charge on any atom is -0.465 e. The number of esters is 1. The lowest BCUT2D eigenvalue weighted by atomic mass is 10.1. The van der Waals surface area contributed by atoms with E-state index in [1.54, 1.807) is 36.4 Å². The maximum atomic E-state index is 12.5. The average Bonchev–Trinajstić information content (AvgIpc) is 2.77. The fraction of sp³-hybridized carbons (Fsp3) is 0.174. The molecule has 1 heterocycles. The van der Waals surface area contributed by atoms with Crippen LogP contribution >= 0.6 is 0 Å². The Balaban J connectivity index is 1.53. The third-order valence-corrected chi connectivity index (χ3v) is 4.40. The molecule has 2 N–H and O–H groups in total. The SMILES string of the molecule is COC(=O)c1ccccc1NC(=O)c1ccc(NCCCc2ccccc2)nc1. The van der Waals surface area contributed by atoms with Crippen LogP contribution in [-0.2, 0) is 11.2 Å². The zero-order valence-electron chi connectivity index (χ0n) is 16.2. The van der Waals surface area contributed by atoms with E-state index in [2.05, 4.69) is 27.8 Å². The highest BCUT2D eigenvalue weighted by molar-refractivity contribution is 6.07. The summed E-state index contributed by atoms with van der Waals surface area (Å²) in [6.45, 7) is 0.792.